The van der Waals surface area contributed by atoms with Gasteiger partial charge in [-0.25, -0.2) is 4.79 Å². The van der Waals surface area contributed by atoms with Crippen LogP contribution in [-0.2, 0) is 6.42 Å². The van der Waals surface area contributed by atoms with E-state index in [1.807, 2.05) is 19.1 Å². The summed E-state index contributed by atoms with van der Waals surface area (Å²) in [6.45, 7) is 18.0. The Morgan fingerprint density at radius 1 is 0.902 bits per heavy atom. The zero-order valence-electron chi connectivity index (χ0n) is 26.7. The molecule has 0 N–H and O–H groups in total. The van der Waals surface area contributed by atoms with Crippen LogP contribution in [0.2, 0.25) is 0 Å². The van der Waals surface area contributed by atoms with Crippen LogP contribution in [0.15, 0.2) is 27.1 Å². The number of ether oxygens (including phenoxy) is 2. The molecular formula is C36H52Br2O3. The van der Waals surface area contributed by atoms with Crippen LogP contribution in [-0.4, -0.2) is 11.6 Å². The molecule has 0 aliphatic carbocycles. The van der Waals surface area contributed by atoms with E-state index in [4.69, 9.17) is 9.47 Å². The van der Waals surface area contributed by atoms with Crippen molar-refractivity contribution in [2.75, 3.05) is 0 Å². The van der Waals surface area contributed by atoms with Gasteiger partial charge in [-0.3, -0.25) is 0 Å². The SMILES string of the molecule is Cc1c(C)c2c(c(C)c1OC(=O)c1cc(Br)ccc1Br)CC[C@@](C)(CCC[C@H](C)CCC[C@H](C)CCCC(C)C)O2. The zero-order valence-corrected chi connectivity index (χ0v) is 29.9. The minimum atomic E-state index is -0.361. The lowest BCUT2D eigenvalue weighted by Crippen LogP contribution is -2.37. The highest BCUT2D eigenvalue weighted by atomic mass is 79.9. The minimum absolute atomic E-state index is 0.152. The monoisotopic (exact) mass is 690 g/mol. The maximum atomic E-state index is 13.1. The van der Waals surface area contributed by atoms with Crippen LogP contribution in [0, 0.1) is 38.5 Å². The number of hydrogen-bond donors (Lipinski definition) is 0. The van der Waals surface area contributed by atoms with Crippen molar-refractivity contribution >= 4 is 37.8 Å². The van der Waals surface area contributed by atoms with Crippen LogP contribution in [0.3, 0.4) is 0 Å². The van der Waals surface area contributed by atoms with E-state index in [2.05, 4.69) is 80.3 Å². The van der Waals surface area contributed by atoms with Crippen molar-refractivity contribution in [1.82, 2.24) is 0 Å². The van der Waals surface area contributed by atoms with Gasteiger partial charge in [0.25, 0.3) is 0 Å². The molecule has 0 aromatic heterocycles. The number of hydrogen-bond acceptors (Lipinski definition) is 3. The third kappa shape index (κ3) is 9.58. The third-order valence-corrected chi connectivity index (χ3v) is 10.4. The van der Waals surface area contributed by atoms with Gasteiger partial charge in [0.15, 0.2) is 0 Å². The highest BCUT2D eigenvalue weighted by Gasteiger charge is 2.35. The summed E-state index contributed by atoms with van der Waals surface area (Å²) >= 11 is 6.94. The number of carbonyl (C=O) groups excluding carboxylic acids is 1. The predicted octanol–water partition coefficient (Wildman–Crippen LogP) is 11.9. The van der Waals surface area contributed by atoms with Crippen LogP contribution < -0.4 is 9.47 Å². The molecule has 3 nitrogen and oxygen atoms in total. The van der Waals surface area contributed by atoms with Gasteiger partial charge in [-0.1, -0.05) is 88.6 Å². The second kappa shape index (κ2) is 15.4. The standard InChI is InChI=1S/C36H52Br2O3/c1-23(2)12-9-13-24(3)14-10-15-25(4)16-11-20-36(8)21-19-30-28(7)33(26(5)27(6)34(30)41-36)40-35(39)31-22-29(37)17-18-32(31)38/h17-18,22-25H,9-16,19-21H2,1-8H3/t24-,25-,36-/m1/s1. The number of halogens is 2. The molecule has 41 heavy (non-hydrogen) atoms. The largest absolute Gasteiger partial charge is 0.487 e. The number of rotatable bonds is 14. The maximum Gasteiger partial charge on any atom is 0.344 e. The highest BCUT2D eigenvalue weighted by Crippen LogP contribution is 2.45. The lowest BCUT2D eigenvalue weighted by atomic mass is 9.83. The summed E-state index contributed by atoms with van der Waals surface area (Å²) in [5.74, 6) is 3.75. The Kier molecular flexibility index (Phi) is 12.8. The van der Waals surface area contributed by atoms with E-state index in [9.17, 15) is 4.79 Å². The Labute approximate surface area is 266 Å². The lowest BCUT2D eigenvalue weighted by molar-refractivity contribution is 0.0508. The molecule has 3 rings (SSSR count). The summed E-state index contributed by atoms with van der Waals surface area (Å²) in [7, 11) is 0. The Hall–Kier alpha value is -1.33. The second-order valence-corrected chi connectivity index (χ2v) is 15.2. The Morgan fingerprint density at radius 3 is 2.15 bits per heavy atom. The quantitative estimate of drug-likeness (QED) is 0.146. The van der Waals surface area contributed by atoms with Crippen LogP contribution in [0.1, 0.15) is 131 Å². The van der Waals surface area contributed by atoms with Crippen molar-refractivity contribution in [3.05, 3.63) is 55.0 Å². The fourth-order valence-electron chi connectivity index (χ4n) is 6.21. The molecule has 0 amide bonds. The summed E-state index contributed by atoms with van der Waals surface area (Å²) in [5, 5.41) is 0. The number of esters is 1. The first-order chi connectivity index (χ1) is 19.3. The van der Waals surface area contributed by atoms with Gasteiger partial charge in [-0.15, -0.1) is 0 Å². The summed E-state index contributed by atoms with van der Waals surface area (Å²) in [6, 6.07) is 5.53. The van der Waals surface area contributed by atoms with Gasteiger partial charge < -0.3 is 9.47 Å². The Morgan fingerprint density at radius 2 is 1.51 bits per heavy atom. The van der Waals surface area contributed by atoms with Crippen molar-refractivity contribution in [3.63, 3.8) is 0 Å². The summed E-state index contributed by atoms with van der Waals surface area (Å²) in [6.07, 6.45) is 13.7. The van der Waals surface area contributed by atoms with E-state index in [1.165, 1.54) is 56.9 Å². The van der Waals surface area contributed by atoms with E-state index >= 15 is 0 Å². The summed E-state index contributed by atoms with van der Waals surface area (Å²) < 4.78 is 14.4. The molecular weight excluding hydrogens is 640 g/mol. The molecule has 3 atom stereocenters. The first kappa shape index (κ1) is 34.2. The fourth-order valence-corrected chi connectivity index (χ4v) is 6.98. The zero-order chi connectivity index (χ0) is 30.3. The van der Waals surface area contributed by atoms with E-state index in [0.29, 0.717) is 11.3 Å². The van der Waals surface area contributed by atoms with Crippen molar-refractivity contribution in [3.8, 4) is 11.5 Å². The van der Waals surface area contributed by atoms with Gasteiger partial charge in [-0.05, 0) is 122 Å². The van der Waals surface area contributed by atoms with E-state index in [-0.39, 0.29) is 11.6 Å². The van der Waals surface area contributed by atoms with Crippen molar-refractivity contribution in [2.24, 2.45) is 17.8 Å². The first-order valence-corrected chi connectivity index (χ1v) is 17.4. The van der Waals surface area contributed by atoms with Crippen molar-refractivity contribution in [2.45, 2.75) is 132 Å². The predicted molar refractivity (Wildman–Crippen MR) is 180 cm³/mol. The second-order valence-electron chi connectivity index (χ2n) is 13.4. The van der Waals surface area contributed by atoms with E-state index in [1.54, 1.807) is 6.07 Å². The summed E-state index contributed by atoms with van der Waals surface area (Å²) in [4.78, 5) is 13.1. The van der Waals surface area contributed by atoms with Crippen LogP contribution in [0.4, 0.5) is 0 Å². The van der Waals surface area contributed by atoms with Gasteiger partial charge >= 0.3 is 5.97 Å². The van der Waals surface area contributed by atoms with Gasteiger partial charge in [0.05, 0.1) is 5.56 Å². The topological polar surface area (TPSA) is 35.5 Å². The molecule has 1 aliphatic heterocycles. The molecule has 0 fully saturated rings. The highest BCUT2D eigenvalue weighted by molar-refractivity contribution is 9.11. The molecule has 228 valence electrons. The molecule has 0 bridgehead atoms. The molecule has 0 saturated carbocycles. The smallest absolute Gasteiger partial charge is 0.344 e. The van der Waals surface area contributed by atoms with Crippen LogP contribution in [0.25, 0.3) is 0 Å². The number of fused-ring (bicyclic) bond motifs is 1. The molecule has 2 aromatic rings. The molecule has 0 unspecified atom stereocenters. The Bertz CT molecular complexity index is 1190. The minimum Gasteiger partial charge on any atom is -0.487 e. The first-order valence-electron chi connectivity index (χ1n) is 15.8. The number of carbonyl (C=O) groups is 1. The number of benzene rings is 2. The van der Waals surface area contributed by atoms with Crippen LogP contribution >= 0.6 is 31.9 Å². The van der Waals surface area contributed by atoms with Gasteiger partial charge in [0.2, 0.25) is 0 Å². The molecule has 1 heterocycles. The fraction of sp³-hybridized carbons (Fsp3) is 0.639. The normalized spacial score (nSPS) is 18.1. The molecule has 1 aliphatic rings. The van der Waals surface area contributed by atoms with Gasteiger partial charge in [0, 0.05) is 14.5 Å². The van der Waals surface area contributed by atoms with Gasteiger partial charge in [-0.2, -0.15) is 0 Å². The average Bonchev–Trinajstić information content (AvgIpc) is 2.90. The van der Waals surface area contributed by atoms with Gasteiger partial charge in [0.1, 0.15) is 17.1 Å². The van der Waals surface area contributed by atoms with Crippen molar-refractivity contribution < 1.29 is 14.3 Å². The molecule has 0 spiro atoms. The maximum absolute atomic E-state index is 13.1. The molecule has 5 heteroatoms. The lowest BCUT2D eigenvalue weighted by Gasteiger charge is -2.38. The molecule has 0 radical (unpaired) electrons. The van der Waals surface area contributed by atoms with Crippen molar-refractivity contribution in [1.29, 1.82) is 0 Å². The van der Waals surface area contributed by atoms with E-state index < -0.39 is 0 Å². The van der Waals surface area contributed by atoms with Crippen LogP contribution in [0.5, 0.6) is 11.5 Å². The third-order valence-electron chi connectivity index (χ3n) is 9.18. The average molecular weight is 693 g/mol. The molecule has 2 aromatic carbocycles. The molecule has 0 saturated heterocycles. The Balaban J connectivity index is 1.55. The van der Waals surface area contributed by atoms with E-state index in [0.717, 1.165) is 68.4 Å². The summed E-state index contributed by atoms with van der Waals surface area (Å²) in [5.41, 5.74) is 4.58.